The van der Waals surface area contributed by atoms with Gasteiger partial charge in [0.25, 0.3) is 0 Å². The van der Waals surface area contributed by atoms with Crippen LogP contribution in [0.1, 0.15) is 43.6 Å². The number of carbonyl (C=O) groups excluding carboxylic acids is 3. The molecule has 1 aliphatic carbocycles. The lowest BCUT2D eigenvalue weighted by atomic mass is 9.82. The van der Waals surface area contributed by atoms with Gasteiger partial charge in [-0.15, -0.1) is 0 Å². The standard InChI is InChI=1S/C20H16O4/c1-12-17(11-13-7-9-14(10-8-13)20(23)24-2)19(22)16-6-4-3-5-15(16)18(12)21/h3-10H,11H2,1-2H3. The smallest absolute Gasteiger partial charge is 0.337 e. The Bertz CT molecular complexity index is 873. The van der Waals surface area contributed by atoms with Crippen molar-refractivity contribution in [3.05, 3.63) is 81.9 Å². The first-order chi connectivity index (χ1) is 11.5. The number of hydrogen-bond acceptors (Lipinski definition) is 4. The fourth-order valence-corrected chi connectivity index (χ4v) is 2.84. The Balaban J connectivity index is 1.92. The van der Waals surface area contributed by atoms with Gasteiger partial charge in [0, 0.05) is 28.7 Å². The molecule has 4 heteroatoms. The van der Waals surface area contributed by atoms with Gasteiger partial charge in [-0.1, -0.05) is 36.4 Å². The Morgan fingerprint density at radius 3 is 2.08 bits per heavy atom. The number of ether oxygens (including phenoxy) is 1. The Hall–Kier alpha value is -3.01. The van der Waals surface area contributed by atoms with Crippen molar-refractivity contribution >= 4 is 17.5 Å². The predicted molar refractivity (Wildman–Crippen MR) is 89.3 cm³/mol. The van der Waals surface area contributed by atoms with Crippen LogP contribution < -0.4 is 0 Å². The molecule has 24 heavy (non-hydrogen) atoms. The first-order valence-electron chi connectivity index (χ1n) is 7.58. The van der Waals surface area contributed by atoms with E-state index in [0.29, 0.717) is 34.3 Å². The zero-order chi connectivity index (χ0) is 17.3. The molecule has 0 amide bonds. The molecule has 2 aromatic carbocycles. The minimum absolute atomic E-state index is 0.105. The predicted octanol–water partition coefficient (Wildman–Crippen LogP) is 3.41. The van der Waals surface area contributed by atoms with E-state index in [0.717, 1.165) is 5.56 Å². The molecule has 1 aliphatic rings. The zero-order valence-electron chi connectivity index (χ0n) is 13.5. The average Bonchev–Trinajstić information content (AvgIpc) is 2.63. The number of fused-ring (bicyclic) bond motifs is 1. The van der Waals surface area contributed by atoms with Gasteiger partial charge >= 0.3 is 5.97 Å². The number of hydrogen-bond donors (Lipinski definition) is 0. The molecule has 0 aromatic heterocycles. The molecule has 0 bridgehead atoms. The summed E-state index contributed by atoms with van der Waals surface area (Å²) in [7, 11) is 1.33. The molecular weight excluding hydrogens is 304 g/mol. The first-order valence-corrected chi connectivity index (χ1v) is 7.58. The van der Waals surface area contributed by atoms with Crippen molar-refractivity contribution in [2.45, 2.75) is 13.3 Å². The van der Waals surface area contributed by atoms with Crippen molar-refractivity contribution < 1.29 is 19.1 Å². The lowest BCUT2D eigenvalue weighted by Gasteiger charge is -2.19. The molecule has 4 nitrogen and oxygen atoms in total. The van der Waals surface area contributed by atoms with Crippen LogP contribution in [0.3, 0.4) is 0 Å². The van der Waals surface area contributed by atoms with Crippen molar-refractivity contribution in [2.24, 2.45) is 0 Å². The Labute approximate surface area is 139 Å². The third-order valence-corrected chi connectivity index (χ3v) is 4.24. The third-order valence-electron chi connectivity index (χ3n) is 4.24. The van der Waals surface area contributed by atoms with Crippen LogP contribution in [-0.2, 0) is 11.2 Å². The van der Waals surface area contributed by atoms with Crippen molar-refractivity contribution in [2.75, 3.05) is 7.11 Å². The largest absolute Gasteiger partial charge is 0.465 e. The summed E-state index contributed by atoms with van der Waals surface area (Å²) in [4.78, 5) is 36.7. The second-order valence-electron chi connectivity index (χ2n) is 5.67. The number of Topliss-reactive ketones (excluding diaryl/α,β-unsaturated/α-hetero) is 2. The van der Waals surface area contributed by atoms with E-state index in [4.69, 9.17) is 0 Å². The van der Waals surface area contributed by atoms with Gasteiger partial charge in [-0.05, 0) is 24.6 Å². The molecule has 0 aliphatic heterocycles. The fraction of sp³-hybridized carbons (Fsp3) is 0.150. The van der Waals surface area contributed by atoms with Gasteiger partial charge < -0.3 is 4.74 Å². The van der Waals surface area contributed by atoms with Crippen molar-refractivity contribution in [3.63, 3.8) is 0 Å². The number of methoxy groups -OCH3 is 1. The number of benzene rings is 2. The fourth-order valence-electron chi connectivity index (χ4n) is 2.84. The highest BCUT2D eigenvalue weighted by Crippen LogP contribution is 2.28. The van der Waals surface area contributed by atoms with Crippen LogP contribution >= 0.6 is 0 Å². The zero-order valence-corrected chi connectivity index (χ0v) is 13.5. The maximum absolute atomic E-state index is 12.7. The van der Waals surface area contributed by atoms with Crippen LogP contribution in [0, 0.1) is 0 Å². The quantitative estimate of drug-likeness (QED) is 0.813. The van der Waals surface area contributed by atoms with Gasteiger partial charge in [0.2, 0.25) is 0 Å². The van der Waals surface area contributed by atoms with Crippen LogP contribution in [0.5, 0.6) is 0 Å². The van der Waals surface area contributed by atoms with Gasteiger partial charge in [-0.25, -0.2) is 4.79 Å². The molecule has 0 radical (unpaired) electrons. The van der Waals surface area contributed by atoms with Gasteiger partial charge in [0.05, 0.1) is 12.7 Å². The van der Waals surface area contributed by atoms with E-state index in [1.165, 1.54) is 7.11 Å². The van der Waals surface area contributed by atoms with Crippen molar-refractivity contribution in [1.29, 1.82) is 0 Å². The second kappa shape index (κ2) is 6.24. The molecule has 0 N–H and O–H groups in total. The van der Waals surface area contributed by atoms with E-state index < -0.39 is 5.97 Å². The molecule has 0 heterocycles. The van der Waals surface area contributed by atoms with Crippen LogP contribution in [0.25, 0.3) is 0 Å². The maximum atomic E-state index is 12.7. The summed E-state index contributed by atoms with van der Waals surface area (Å²) in [6.45, 7) is 1.69. The Morgan fingerprint density at radius 2 is 1.50 bits per heavy atom. The number of esters is 1. The van der Waals surface area contributed by atoms with E-state index in [2.05, 4.69) is 4.74 Å². The number of allylic oxidation sites excluding steroid dienone is 2. The normalized spacial score (nSPS) is 13.8. The molecule has 0 spiro atoms. The summed E-state index contributed by atoms with van der Waals surface area (Å²) in [5.41, 5.74) is 3.21. The van der Waals surface area contributed by atoms with E-state index in [1.54, 1.807) is 55.5 Å². The van der Waals surface area contributed by atoms with Crippen LogP contribution in [0.15, 0.2) is 59.7 Å². The molecule has 0 unspecified atom stereocenters. The molecule has 0 saturated heterocycles. The summed E-state index contributed by atoms with van der Waals surface area (Å²) in [6.07, 6.45) is 0.353. The highest BCUT2D eigenvalue weighted by atomic mass is 16.5. The average molecular weight is 320 g/mol. The lowest BCUT2D eigenvalue weighted by Crippen LogP contribution is -2.22. The molecule has 0 saturated carbocycles. The Morgan fingerprint density at radius 1 is 0.917 bits per heavy atom. The van der Waals surface area contributed by atoms with Crippen LogP contribution in [0.4, 0.5) is 0 Å². The molecule has 0 atom stereocenters. The van der Waals surface area contributed by atoms with E-state index in [9.17, 15) is 14.4 Å². The van der Waals surface area contributed by atoms with Crippen LogP contribution in [-0.4, -0.2) is 24.6 Å². The topological polar surface area (TPSA) is 60.4 Å². The van der Waals surface area contributed by atoms with Gasteiger partial charge in [0.15, 0.2) is 11.6 Å². The SMILES string of the molecule is COC(=O)c1ccc(CC2=C(C)C(=O)c3ccccc3C2=O)cc1. The highest BCUT2D eigenvalue weighted by Gasteiger charge is 2.29. The number of ketones is 2. The summed E-state index contributed by atoms with van der Waals surface area (Å²) in [5, 5.41) is 0. The van der Waals surface area contributed by atoms with Gasteiger partial charge in [-0.3, -0.25) is 9.59 Å². The Kier molecular flexibility index (Phi) is 4.13. The molecule has 120 valence electrons. The van der Waals surface area contributed by atoms with Crippen molar-refractivity contribution in [3.8, 4) is 0 Å². The van der Waals surface area contributed by atoms with E-state index in [-0.39, 0.29) is 11.6 Å². The second-order valence-corrected chi connectivity index (χ2v) is 5.67. The van der Waals surface area contributed by atoms with Crippen molar-refractivity contribution in [1.82, 2.24) is 0 Å². The summed E-state index contributed by atoms with van der Waals surface area (Å²) in [5.74, 6) is -0.624. The maximum Gasteiger partial charge on any atom is 0.337 e. The number of carbonyl (C=O) groups is 3. The summed E-state index contributed by atoms with van der Waals surface area (Å²) >= 11 is 0. The summed E-state index contributed by atoms with van der Waals surface area (Å²) < 4.78 is 4.67. The van der Waals surface area contributed by atoms with Gasteiger partial charge in [-0.2, -0.15) is 0 Å². The third kappa shape index (κ3) is 2.67. The number of rotatable bonds is 3. The van der Waals surface area contributed by atoms with Crippen LogP contribution in [0.2, 0.25) is 0 Å². The summed E-state index contributed by atoms with van der Waals surface area (Å²) in [6, 6.07) is 13.7. The molecule has 2 aromatic rings. The molecule has 0 fully saturated rings. The molecule has 3 rings (SSSR count). The molecular formula is C20H16O4. The monoisotopic (exact) mass is 320 g/mol. The minimum atomic E-state index is -0.408. The first kappa shape index (κ1) is 15.9. The van der Waals surface area contributed by atoms with E-state index >= 15 is 0 Å². The lowest BCUT2D eigenvalue weighted by molar-refractivity contribution is 0.0600. The van der Waals surface area contributed by atoms with E-state index in [1.807, 2.05) is 0 Å². The van der Waals surface area contributed by atoms with Gasteiger partial charge in [0.1, 0.15) is 0 Å². The minimum Gasteiger partial charge on any atom is -0.465 e. The highest BCUT2D eigenvalue weighted by molar-refractivity contribution is 6.26.